The van der Waals surface area contributed by atoms with Crippen molar-refractivity contribution in [1.82, 2.24) is 0 Å². The van der Waals surface area contributed by atoms with Crippen LogP contribution in [0.1, 0.15) is 47.9 Å². The molecule has 2 aliphatic carbocycles. The molecule has 0 fully saturated rings. The normalized spacial score (nSPS) is 14.4. The lowest BCUT2D eigenvalue weighted by Crippen LogP contribution is -2.22. The van der Waals surface area contributed by atoms with Crippen LogP contribution in [0.4, 0.5) is 32.3 Å². The van der Waals surface area contributed by atoms with Crippen LogP contribution in [0.25, 0.3) is 0 Å². The summed E-state index contributed by atoms with van der Waals surface area (Å²) >= 11 is 0. The molecule has 5 rings (SSSR count). The lowest BCUT2D eigenvalue weighted by molar-refractivity contribution is 0.261. The molecule has 0 saturated heterocycles. The van der Waals surface area contributed by atoms with Gasteiger partial charge in [0.05, 0.1) is 0 Å². The Bertz CT molecular complexity index is 1110. The number of nitrogens with one attached hydrogen (secondary N) is 4. The SMILES string of the molecule is O=C(Nc1ccc(NC(=O)Nc2cccc3c2CCCC3)cc1)Nc1cccc2c1CCCC2. The summed E-state index contributed by atoms with van der Waals surface area (Å²) in [4.78, 5) is 25.1. The van der Waals surface area contributed by atoms with Crippen LogP contribution >= 0.6 is 0 Å². The van der Waals surface area contributed by atoms with Gasteiger partial charge in [-0.05, 0) is 110 Å². The second-order valence-electron chi connectivity index (χ2n) is 9.04. The molecule has 6 heteroatoms. The number of anilines is 4. The molecule has 0 aromatic heterocycles. The average Bonchev–Trinajstić information content (AvgIpc) is 2.86. The summed E-state index contributed by atoms with van der Waals surface area (Å²) in [6.07, 6.45) is 8.86. The number of hydrogen-bond acceptors (Lipinski definition) is 2. The van der Waals surface area contributed by atoms with Gasteiger partial charge >= 0.3 is 12.1 Å². The number of amides is 4. The highest BCUT2D eigenvalue weighted by Crippen LogP contribution is 2.29. The van der Waals surface area contributed by atoms with Crippen LogP contribution in [-0.4, -0.2) is 12.1 Å². The van der Waals surface area contributed by atoms with Gasteiger partial charge in [0.1, 0.15) is 0 Å². The number of rotatable bonds is 4. The van der Waals surface area contributed by atoms with E-state index in [1.165, 1.54) is 35.1 Å². The highest BCUT2D eigenvalue weighted by molar-refractivity contribution is 6.02. The van der Waals surface area contributed by atoms with Gasteiger partial charge in [-0.3, -0.25) is 0 Å². The first-order valence-electron chi connectivity index (χ1n) is 12.1. The molecule has 6 nitrogen and oxygen atoms in total. The van der Waals surface area contributed by atoms with Crippen molar-refractivity contribution in [2.75, 3.05) is 21.3 Å². The van der Waals surface area contributed by atoms with Gasteiger partial charge in [-0.2, -0.15) is 0 Å². The predicted octanol–water partition coefficient (Wildman–Crippen LogP) is 6.73. The van der Waals surface area contributed by atoms with Gasteiger partial charge in [0, 0.05) is 22.7 Å². The molecule has 0 unspecified atom stereocenters. The lowest BCUT2D eigenvalue weighted by Gasteiger charge is -2.20. The van der Waals surface area contributed by atoms with Crippen LogP contribution < -0.4 is 21.3 Å². The maximum atomic E-state index is 12.5. The summed E-state index contributed by atoms with van der Waals surface area (Å²) in [5.74, 6) is 0. The number of urea groups is 2. The van der Waals surface area contributed by atoms with E-state index in [9.17, 15) is 9.59 Å². The van der Waals surface area contributed by atoms with E-state index in [1.54, 1.807) is 24.3 Å². The highest BCUT2D eigenvalue weighted by Gasteiger charge is 2.16. The number of carbonyl (C=O) groups is 2. The Morgan fingerprint density at radius 2 is 0.912 bits per heavy atom. The zero-order chi connectivity index (χ0) is 23.3. The molecular formula is C28H30N4O2. The summed E-state index contributed by atoms with van der Waals surface area (Å²) in [6, 6.07) is 18.8. The van der Waals surface area contributed by atoms with E-state index < -0.39 is 0 Å². The maximum absolute atomic E-state index is 12.5. The summed E-state index contributed by atoms with van der Waals surface area (Å²) in [5.41, 5.74) is 8.22. The summed E-state index contributed by atoms with van der Waals surface area (Å²) in [7, 11) is 0. The predicted molar refractivity (Wildman–Crippen MR) is 138 cm³/mol. The quantitative estimate of drug-likeness (QED) is 0.352. The molecule has 0 atom stereocenters. The fraction of sp³-hybridized carbons (Fsp3) is 0.286. The fourth-order valence-corrected chi connectivity index (χ4v) is 5.00. The first-order chi connectivity index (χ1) is 16.7. The number of aryl methyl sites for hydroxylation is 2. The number of fused-ring (bicyclic) bond motifs is 2. The Hall–Kier alpha value is -3.80. The van der Waals surface area contributed by atoms with Gasteiger partial charge < -0.3 is 21.3 Å². The zero-order valence-electron chi connectivity index (χ0n) is 19.2. The first kappa shape index (κ1) is 22.0. The van der Waals surface area contributed by atoms with E-state index in [1.807, 2.05) is 24.3 Å². The zero-order valence-corrected chi connectivity index (χ0v) is 19.2. The fourth-order valence-electron chi connectivity index (χ4n) is 5.00. The number of hydrogen-bond donors (Lipinski definition) is 4. The molecule has 3 aromatic rings. The third-order valence-corrected chi connectivity index (χ3v) is 6.69. The molecule has 0 aliphatic heterocycles. The molecule has 4 amide bonds. The minimum Gasteiger partial charge on any atom is -0.308 e. The third-order valence-electron chi connectivity index (χ3n) is 6.69. The molecule has 2 aliphatic rings. The minimum absolute atomic E-state index is 0.272. The second kappa shape index (κ2) is 10.00. The summed E-state index contributed by atoms with van der Waals surface area (Å²) < 4.78 is 0. The van der Waals surface area contributed by atoms with E-state index in [0.717, 1.165) is 49.9 Å². The van der Waals surface area contributed by atoms with E-state index in [0.29, 0.717) is 11.4 Å². The molecule has 34 heavy (non-hydrogen) atoms. The smallest absolute Gasteiger partial charge is 0.308 e. The van der Waals surface area contributed by atoms with Crippen LogP contribution in [-0.2, 0) is 25.7 Å². The monoisotopic (exact) mass is 454 g/mol. The molecule has 4 N–H and O–H groups in total. The van der Waals surface area contributed by atoms with Gasteiger partial charge in [0.2, 0.25) is 0 Å². The van der Waals surface area contributed by atoms with Crippen LogP contribution in [0.2, 0.25) is 0 Å². The topological polar surface area (TPSA) is 82.3 Å². The van der Waals surface area contributed by atoms with Gasteiger partial charge in [-0.15, -0.1) is 0 Å². The van der Waals surface area contributed by atoms with Crippen LogP contribution in [0, 0.1) is 0 Å². The van der Waals surface area contributed by atoms with Crippen LogP contribution in [0.5, 0.6) is 0 Å². The maximum Gasteiger partial charge on any atom is 0.323 e. The minimum atomic E-state index is -0.272. The summed E-state index contributed by atoms with van der Waals surface area (Å²) in [6.45, 7) is 0. The highest BCUT2D eigenvalue weighted by atomic mass is 16.2. The van der Waals surface area contributed by atoms with Gasteiger partial charge in [0.25, 0.3) is 0 Å². The molecule has 0 bridgehead atoms. The van der Waals surface area contributed by atoms with E-state index in [-0.39, 0.29) is 12.1 Å². The van der Waals surface area contributed by atoms with Crippen molar-refractivity contribution >= 4 is 34.8 Å². The Kier molecular flexibility index (Phi) is 6.47. The van der Waals surface area contributed by atoms with Gasteiger partial charge in [-0.1, -0.05) is 24.3 Å². The number of carbonyl (C=O) groups excluding carboxylic acids is 2. The van der Waals surface area contributed by atoms with Crippen molar-refractivity contribution in [3.05, 3.63) is 82.9 Å². The largest absolute Gasteiger partial charge is 0.323 e. The number of benzene rings is 3. The second-order valence-corrected chi connectivity index (χ2v) is 9.04. The molecule has 0 heterocycles. The van der Waals surface area contributed by atoms with Crippen molar-refractivity contribution in [2.45, 2.75) is 51.4 Å². The van der Waals surface area contributed by atoms with E-state index >= 15 is 0 Å². The van der Waals surface area contributed by atoms with Gasteiger partial charge in [0.15, 0.2) is 0 Å². The molecule has 0 saturated carbocycles. The lowest BCUT2D eigenvalue weighted by atomic mass is 9.90. The summed E-state index contributed by atoms with van der Waals surface area (Å²) in [5, 5.41) is 11.7. The molecule has 174 valence electrons. The van der Waals surface area contributed by atoms with Crippen molar-refractivity contribution < 1.29 is 9.59 Å². The Morgan fingerprint density at radius 1 is 0.500 bits per heavy atom. The standard InChI is InChI=1S/C28H30N4O2/c33-27(31-25-13-5-9-19-7-1-3-11-23(19)25)29-21-15-17-22(18-16-21)30-28(34)32-26-14-6-10-20-8-2-4-12-24(20)26/h5-6,9-10,13-18H,1-4,7-8,11-12H2,(H2,29,31,33)(H2,30,32,34). The Labute approximate surface area is 200 Å². The molecule has 0 radical (unpaired) electrons. The molecule has 3 aromatic carbocycles. The van der Waals surface area contributed by atoms with E-state index in [2.05, 4.69) is 33.4 Å². The van der Waals surface area contributed by atoms with Crippen LogP contribution in [0.3, 0.4) is 0 Å². The van der Waals surface area contributed by atoms with Crippen molar-refractivity contribution in [2.24, 2.45) is 0 Å². The molecular weight excluding hydrogens is 424 g/mol. The third kappa shape index (κ3) is 5.06. The van der Waals surface area contributed by atoms with Crippen molar-refractivity contribution in [3.8, 4) is 0 Å². The van der Waals surface area contributed by atoms with Crippen molar-refractivity contribution in [1.29, 1.82) is 0 Å². The molecule has 0 spiro atoms. The van der Waals surface area contributed by atoms with E-state index in [4.69, 9.17) is 0 Å². The first-order valence-corrected chi connectivity index (χ1v) is 12.1. The Balaban J connectivity index is 1.17. The van der Waals surface area contributed by atoms with Crippen LogP contribution in [0.15, 0.2) is 60.7 Å². The Morgan fingerprint density at radius 3 is 1.35 bits per heavy atom. The van der Waals surface area contributed by atoms with Crippen molar-refractivity contribution in [3.63, 3.8) is 0 Å². The van der Waals surface area contributed by atoms with Gasteiger partial charge in [-0.25, -0.2) is 9.59 Å². The average molecular weight is 455 g/mol.